The van der Waals surface area contributed by atoms with E-state index in [-0.39, 0.29) is 31.6 Å². The fourth-order valence-corrected chi connectivity index (χ4v) is 5.85. The van der Waals surface area contributed by atoms with Gasteiger partial charge in [0.05, 0.1) is 6.42 Å². The van der Waals surface area contributed by atoms with Crippen LogP contribution in [-0.4, -0.2) is 37.2 Å². The molecule has 0 aromatic carbocycles. The minimum Gasteiger partial charge on any atom is -0.462 e. The Morgan fingerprint density at radius 3 is 1.40 bits per heavy atom. The third kappa shape index (κ3) is 41.8. The molecule has 0 spiro atoms. The van der Waals surface area contributed by atoms with Gasteiger partial charge in [0.1, 0.15) is 13.2 Å². The molecule has 1 atom stereocenters. The molecule has 0 aromatic heterocycles. The molecule has 6 nitrogen and oxygen atoms in total. The molecule has 55 heavy (non-hydrogen) atoms. The second-order valence-electron chi connectivity index (χ2n) is 14.6. The summed E-state index contributed by atoms with van der Waals surface area (Å²) in [5, 5.41) is 0. The number of ether oxygens (including phenoxy) is 3. The van der Waals surface area contributed by atoms with Crippen LogP contribution in [0.5, 0.6) is 0 Å². The van der Waals surface area contributed by atoms with E-state index < -0.39 is 12.1 Å². The lowest BCUT2D eigenvalue weighted by Crippen LogP contribution is -2.30. The molecule has 0 N–H and O–H groups in total. The molecule has 0 aromatic rings. The van der Waals surface area contributed by atoms with Crippen molar-refractivity contribution in [1.29, 1.82) is 0 Å². The molecule has 6 heteroatoms. The van der Waals surface area contributed by atoms with Crippen molar-refractivity contribution < 1.29 is 28.6 Å². The molecule has 0 amide bonds. The molecule has 0 aliphatic heterocycles. The maximum absolute atomic E-state index is 12.6. The highest BCUT2D eigenvalue weighted by Gasteiger charge is 2.19. The molecule has 0 rings (SSSR count). The molecular formula is C49H82O6. The quantitative estimate of drug-likeness (QED) is 0.0204. The Morgan fingerprint density at radius 1 is 0.418 bits per heavy atom. The van der Waals surface area contributed by atoms with Crippen LogP contribution >= 0.6 is 0 Å². The van der Waals surface area contributed by atoms with Gasteiger partial charge in [-0.1, -0.05) is 177 Å². The summed E-state index contributed by atoms with van der Waals surface area (Å²) in [6, 6.07) is 0. The lowest BCUT2D eigenvalue weighted by atomic mass is 10.1. The van der Waals surface area contributed by atoms with Crippen molar-refractivity contribution in [3.05, 3.63) is 72.9 Å². The van der Waals surface area contributed by atoms with Gasteiger partial charge in [-0.3, -0.25) is 14.4 Å². The Morgan fingerprint density at radius 2 is 0.836 bits per heavy atom. The van der Waals surface area contributed by atoms with Gasteiger partial charge in [0.25, 0.3) is 0 Å². The van der Waals surface area contributed by atoms with Gasteiger partial charge < -0.3 is 14.2 Å². The van der Waals surface area contributed by atoms with E-state index >= 15 is 0 Å². The van der Waals surface area contributed by atoms with E-state index in [2.05, 4.69) is 81.5 Å². The normalized spacial score (nSPS) is 12.7. The average Bonchev–Trinajstić information content (AvgIpc) is 3.18. The number of hydrogen-bond donors (Lipinski definition) is 0. The van der Waals surface area contributed by atoms with Crippen LogP contribution in [0.15, 0.2) is 72.9 Å². The van der Waals surface area contributed by atoms with Gasteiger partial charge in [-0.2, -0.15) is 0 Å². The molecule has 1 unspecified atom stereocenters. The Kier molecular flexibility index (Phi) is 41.1. The molecule has 314 valence electrons. The van der Waals surface area contributed by atoms with Crippen molar-refractivity contribution in [2.24, 2.45) is 0 Å². The average molecular weight is 767 g/mol. The van der Waals surface area contributed by atoms with Gasteiger partial charge in [-0.05, 0) is 77.0 Å². The minimum atomic E-state index is -0.833. The zero-order valence-electron chi connectivity index (χ0n) is 35.7. The van der Waals surface area contributed by atoms with Crippen molar-refractivity contribution in [1.82, 2.24) is 0 Å². The molecule has 0 bridgehead atoms. The van der Waals surface area contributed by atoms with Crippen molar-refractivity contribution in [2.75, 3.05) is 13.2 Å². The highest BCUT2D eigenvalue weighted by molar-refractivity contribution is 5.72. The molecule has 0 heterocycles. The number of hydrogen-bond acceptors (Lipinski definition) is 6. The summed E-state index contributed by atoms with van der Waals surface area (Å²) in [5.41, 5.74) is 0. The molecule has 0 aliphatic carbocycles. The number of rotatable bonds is 39. The van der Waals surface area contributed by atoms with Crippen LogP contribution in [0.2, 0.25) is 0 Å². The third-order valence-corrected chi connectivity index (χ3v) is 9.23. The maximum Gasteiger partial charge on any atom is 0.310 e. The maximum atomic E-state index is 12.6. The molecule has 0 saturated carbocycles. The predicted octanol–water partition coefficient (Wildman–Crippen LogP) is 14.3. The fourth-order valence-electron chi connectivity index (χ4n) is 5.85. The van der Waals surface area contributed by atoms with Crippen LogP contribution in [0.1, 0.15) is 201 Å². The molecule has 0 fully saturated rings. The van der Waals surface area contributed by atoms with Gasteiger partial charge in [0.2, 0.25) is 0 Å². The summed E-state index contributed by atoms with van der Waals surface area (Å²) in [6.07, 6.45) is 53.6. The predicted molar refractivity (Wildman–Crippen MR) is 233 cm³/mol. The number of carbonyl (C=O) groups is 3. The zero-order chi connectivity index (χ0) is 40.1. The topological polar surface area (TPSA) is 78.9 Å². The van der Waals surface area contributed by atoms with Crippen molar-refractivity contribution in [2.45, 2.75) is 207 Å². The van der Waals surface area contributed by atoms with Gasteiger partial charge in [0, 0.05) is 12.8 Å². The highest BCUT2D eigenvalue weighted by atomic mass is 16.6. The first-order valence-corrected chi connectivity index (χ1v) is 22.5. The summed E-state index contributed by atoms with van der Waals surface area (Å²) in [5.74, 6) is -1.10. The van der Waals surface area contributed by atoms with E-state index in [1.165, 1.54) is 103 Å². The SMILES string of the molecule is CC/C=C\C/C=C\C/C=C\CC(=O)OC(COC(=O)CCC/C=C\CCCCCC)COC(=O)CCCCCCCCCCCC/C=C\C=C/CCCCC. The summed E-state index contributed by atoms with van der Waals surface area (Å²) < 4.78 is 16.5. The zero-order valence-corrected chi connectivity index (χ0v) is 35.7. The van der Waals surface area contributed by atoms with Gasteiger partial charge in [-0.25, -0.2) is 0 Å². The summed E-state index contributed by atoms with van der Waals surface area (Å²) in [7, 11) is 0. The number of carbonyl (C=O) groups excluding carboxylic acids is 3. The molecule has 0 radical (unpaired) electrons. The Bertz CT molecular complexity index is 1070. The van der Waals surface area contributed by atoms with Crippen LogP contribution in [0.4, 0.5) is 0 Å². The fraction of sp³-hybridized carbons (Fsp3) is 0.694. The molecular weight excluding hydrogens is 685 g/mol. The standard InChI is InChI=1S/C49H82O6/c1-4-7-10-13-16-19-20-21-22-23-24-25-26-27-28-31-33-36-39-42-48(51)54-45-46(55-49(52)43-40-37-34-30-18-15-12-9-6-3)44-53-47(50)41-38-35-32-29-17-14-11-8-5-2/h9,12,16,18-21,29-30,32,37,40,46H,4-8,10-11,13-15,17,22-28,31,33-36,38-39,41-45H2,1-3H3/b12-9-,19-16-,21-20-,30-18-,32-29-,40-37-. The van der Waals surface area contributed by atoms with Crippen LogP contribution in [0.3, 0.4) is 0 Å². The van der Waals surface area contributed by atoms with E-state index in [0.717, 1.165) is 51.4 Å². The van der Waals surface area contributed by atoms with Gasteiger partial charge in [-0.15, -0.1) is 0 Å². The van der Waals surface area contributed by atoms with E-state index in [0.29, 0.717) is 19.3 Å². The van der Waals surface area contributed by atoms with Gasteiger partial charge >= 0.3 is 17.9 Å². The van der Waals surface area contributed by atoms with Gasteiger partial charge in [0.15, 0.2) is 6.10 Å². The minimum absolute atomic E-state index is 0.0989. The first-order chi connectivity index (χ1) is 27.0. The van der Waals surface area contributed by atoms with E-state index in [9.17, 15) is 14.4 Å². The van der Waals surface area contributed by atoms with Crippen LogP contribution in [0.25, 0.3) is 0 Å². The Labute approximate surface area is 338 Å². The van der Waals surface area contributed by atoms with E-state index in [1.807, 2.05) is 6.08 Å². The lowest BCUT2D eigenvalue weighted by molar-refractivity contribution is -0.166. The molecule has 0 aliphatic rings. The summed E-state index contributed by atoms with van der Waals surface area (Å²) in [4.78, 5) is 37.5. The van der Waals surface area contributed by atoms with E-state index in [1.54, 1.807) is 6.08 Å². The summed E-state index contributed by atoms with van der Waals surface area (Å²) in [6.45, 7) is 6.31. The lowest BCUT2D eigenvalue weighted by Gasteiger charge is -2.18. The van der Waals surface area contributed by atoms with Crippen LogP contribution in [-0.2, 0) is 28.6 Å². The first kappa shape index (κ1) is 51.9. The third-order valence-electron chi connectivity index (χ3n) is 9.23. The first-order valence-electron chi connectivity index (χ1n) is 22.5. The summed E-state index contributed by atoms with van der Waals surface area (Å²) >= 11 is 0. The number of allylic oxidation sites excluding steroid dienone is 11. The number of esters is 3. The van der Waals surface area contributed by atoms with Crippen molar-refractivity contribution >= 4 is 17.9 Å². The largest absolute Gasteiger partial charge is 0.462 e. The Balaban J connectivity index is 4.34. The van der Waals surface area contributed by atoms with Crippen LogP contribution in [0, 0.1) is 0 Å². The highest BCUT2D eigenvalue weighted by Crippen LogP contribution is 2.13. The number of unbranched alkanes of at least 4 members (excludes halogenated alkanes) is 18. The molecule has 0 saturated heterocycles. The Hall–Kier alpha value is -3.15. The second kappa shape index (κ2) is 43.6. The van der Waals surface area contributed by atoms with Crippen molar-refractivity contribution in [3.63, 3.8) is 0 Å². The second-order valence-corrected chi connectivity index (χ2v) is 14.6. The van der Waals surface area contributed by atoms with Crippen LogP contribution < -0.4 is 0 Å². The van der Waals surface area contributed by atoms with Crippen molar-refractivity contribution in [3.8, 4) is 0 Å². The van der Waals surface area contributed by atoms with E-state index in [4.69, 9.17) is 14.2 Å². The monoisotopic (exact) mass is 767 g/mol. The smallest absolute Gasteiger partial charge is 0.310 e.